The second-order valence-corrected chi connectivity index (χ2v) is 4.98. The smallest absolute Gasteiger partial charge is 0.257 e. The van der Waals surface area contributed by atoms with Gasteiger partial charge in [0, 0.05) is 19.1 Å². The quantitative estimate of drug-likeness (QED) is 0.852. The Morgan fingerprint density at radius 3 is 2.90 bits per heavy atom. The number of hydrogen-bond acceptors (Lipinski definition) is 4. The van der Waals surface area contributed by atoms with E-state index in [4.69, 9.17) is 15.2 Å². The van der Waals surface area contributed by atoms with E-state index in [9.17, 15) is 4.79 Å². The molecule has 2 aliphatic rings. The van der Waals surface area contributed by atoms with Crippen molar-refractivity contribution < 1.29 is 14.3 Å². The van der Waals surface area contributed by atoms with Gasteiger partial charge in [0.15, 0.2) is 11.5 Å². The molecule has 6 heteroatoms. The molecule has 1 atom stereocenters. The lowest BCUT2D eigenvalue weighted by Crippen LogP contribution is -2.45. The zero-order valence-electron chi connectivity index (χ0n) is 11.2. The first-order chi connectivity index (χ1) is 9.25. The summed E-state index contributed by atoms with van der Waals surface area (Å²) in [5.74, 6) is 1.20. The summed E-state index contributed by atoms with van der Waals surface area (Å²) in [5.41, 5.74) is 6.50. The largest absolute Gasteiger partial charge is 0.486 e. The Hall–Kier alpha value is -1.46. The molecule has 0 bridgehead atoms. The fraction of sp³-hybridized carbons (Fsp3) is 0.500. The molecular formula is C14H19ClN2O3. The third-order valence-corrected chi connectivity index (χ3v) is 3.54. The minimum atomic E-state index is -0.0162. The van der Waals surface area contributed by atoms with Crippen LogP contribution in [0.25, 0.3) is 0 Å². The lowest BCUT2D eigenvalue weighted by molar-refractivity contribution is 0.0698. The van der Waals surface area contributed by atoms with Gasteiger partial charge in [-0.15, -0.1) is 12.4 Å². The molecule has 5 nitrogen and oxygen atoms in total. The third-order valence-electron chi connectivity index (χ3n) is 3.54. The van der Waals surface area contributed by atoms with Crippen LogP contribution in [0.2, 0.25) is 0 Å². The topological polar surface area (TPSA) is 64.8 Å². The highest BCUT2D eigenvalue weighted by molar-refractivity contribution is 5.98. The number of fused-ring (bicyclic) bond motifs is 1. The highest BCUT2D eigenvalue weighted by Gasteiger charge is 2.27. The van der Waals surface area contributed by atoms with Gasteiger partial charge in [-0.05, 0) is 25.0 Å². The fourth-order valence-electron chi connectivity index (χ4n) is 2.61. The summed E-state index contributed by atoms with van der Waals surface area (Å²) in [7, 11) is 0. The van der Waals surface area contributed by atoms with Crippen LogP contribution in [0, 0.1) is 0 Å². The van der Waals surface area contributed by atoms with E-state index in [1.807, 2.05) is 17.0 Å². The summed E-state index contributed by atoms with van der Waals surface area (Å²) in [5, 5.41) is 0. The van der Waals surface area contributed by atoms with Crippen LogP contribution in [0.15, 0.2) is 18.2 Å². The number of nitrogens with two attached hydrogens (primary N) is 1. The van der Waals surface area contributed by atoms with Gasteiger partial charge in [-0.1, -0.05) is 6.07 Å². The molecule has 2 heterocycles. The van der Waals surface area contributed by atoms with Crippen molar-refractivity contribution in [2.75, 3.05) is 26.3 Å². The van der Waals surface area contributed by atoms with Crippen LogP contribution < -0.4 is 15.2 Å². The maximum absolute atomic E-state index is 12.6. The van der Waals surface area contributed by atoms with Gasteiger partial charge < -0.3 is 20.1 Å². The molecule has 1 fully saturated rings. The predicted octanol–water partition coefficient (Wildman–Crippen LogP) is 1.44. The number of amides is 1. The molecule has 20 heavy (non-hydrogen) atoms. The molecule has 110 valence electrons. The highest BCUT2D eigenvalue weighted by Crippen LogP contribution is 2.34. The molecule has 3 rings (SSSR count). The monoisotopic (exact) mass is 298 g/mol. The molecule has 1 aromatic carbocycles. The van der Waals surface area contributed by atoms with Gasteiger partial charge in [-0.25, -0.2) is 0 Å². The average Bonchev–Trinajstić information content (AvgIpc) is 2.46. The number of piperidine rings is 1. The van der Waals surface area contributed by atoms with Crippen LogP contribution in [-0.4, -0.2) is 43.2 Å². The van der Waals surface area contributed by atoms with Gasteiger partial charge in [0.2, 0.25) is 0 Å². The Labute approximate surface area is 124 Å². The summed E-state index contributed by atoms with van der Waals surface area (Å²) in [6.45, 7) is 2.39. The number of likely N-dealkylation sites (tertiary alicyclic amines) is 1. The van der Waals surface area contributed by atoms with Crippen LogP contribution in [0.4, 0.5) is 0 Å². The van der Waals surface area contributed by atoms with Crippen molar-refractivity contribution in [3.05, 3.63) is 23.8 Å². The maximum Gasteiger partial charge on any atom is 0.257 e. The lowest BCUT2D eigenvalue weighted by Gasteiger charge is -2.31. The number of nitrogens with zero attached hydrogens (tertiary/aromatic N) is 1. The molecule has 0 spiro atoms. The Morgan fingerprint density at radius 2 is 2.10 bits per heavy atom. The van der Waals surface area contributed by atoms with Gasteiger partial charge >= 0.3 is 0 Å². The third kappa shape index (κ3) is 2.83. The van der Waals surface area contributed by atoms with E-state index >= 15 is 0 Å². The number of para-hydroxylation sites is 1. The van der Waals surface area contributed by atoms with Crippen molar-refractivity contribution in [1.82, 2.24) is 4.90 Å². The van der Waals surface area contributed by atoms with Crippen LogP contribution in [-0.2, 0) is 0 Å². The van der Waals surface area contributed by atoms with Crippen LogP contribution in [0.1, 0.15) is 23.2 Å². The van der Waals surface area contributed by atoms with Crippen LogP contribution in [0.5, 0.6) is 11.5 Å². The molecule has 2 N–H and O–H groups in total. The summed E-state index contributed by atoms with van der Waals surface area (Å²) in [6.07, 6.45) is 1.94. The Balaban J connectivity index is 0.00000147. The Bertz CT molecular complexity index is 495. The molecule has 1 aromatic rings. The predicted molar refractivity (Wildman–Crippen MR) is 77.8 cm³/mol. The number of rotatable bonds is 1. The van der Waals surface area contributed by atoms with Crippen molar-refractivity contribution >= 4 is 18.3 Å². The number of benzene rings is 1. The Morgan fingerprint density at radius 1 is 1.30 bits per heavy atom. The number of halogens is 1. The van der Waals surface area contributed by atoms with Gasteiger partial charge in [0.1, 0.15) is 13.2 Å². The van der Waals surface area contributed by atoms with E-state index in [1.54, 1.807) is 6.07 Å². The molecule has 1 saturated heterocycles. The minimum absolute atomic E-state index is 0. The van der Waals surface area contributed by atoms with E-state index in [0.717, 1.165) is 19.4 Å². The normalized spacial score (nSPS) is 21.1. The summed E-state index contributed by atoms with van der Waals surface area (Å²) in [4.78, 5) is 14.4. The molecule has 0 saturated carbocycles. The second kappa shape index (κ2) is 6.33. The lowest BCUT2D eigenvalue weighted by atomic mass is 10.0. The molecule has 0 aromatic heterocycles. The number of carbonyl (C=O) groups excluding carboxylic acids is 1. The van der Waals surface area contributed by atoms with E-state index in [-0.39, 0.29) is 24.4 Å². The standard InChI is InChI=1S/C14H18N2O3.ClH/c15-10-3-2-6-16(9-10)14(17)11-4-1-5-12-13(11)19-8-7-18-12;/h1,4-5,10H,2-3,6-9,15H2;1H. The first kappa shape index (κ1) is 14.9. The van der Waals surface area contributed by atoms with E-state index in [1.165, 1.54) is 0 Å². The number of hydrogen-bond donors (Lipinski definition) is 1. The SMILES string of the molecule is Cl.NC1CCCN(C(=O)c2cccc3c2OCCO3)C1. The Kier molecular flexibility index (Phi) is 4.73. The van der Waals surface area contributed by atoms with Gasteiger partial charge in [0.25, 0.3) is 5.91 Å². The first-order valence-corrected chi connectivity index (χ1v) is 6.69. The summed E-state index contributed by atoms with van der Waals surface area (Å²) in [6, 6.07) is 5.52. The molecular weight excluding hydrogens is 280 g/mol. The minimum Gasteiger partial charge on any atom is -0.486 e. The van der Waals surface area contributed by atoms with Crippen molar-refractivity contribution in [3.8, 4) is 11.5 Å². The van der Waals surface area contributed by atoms with Crippen molar-refractivity contribution in [2.45, 2.75) is 18.9 Å². The van der Waals surface area contributed by atoms with E-state index in [2.05, 4.69) is 0 Å². The van der Waals surface area contributed by atoms with E-state index < -0.39 is 0 Å². The fourth-order valence-corrected chi connectivity index (χ4v) is 2.61. The molecule has 0 aliphatic carbocycles. The second-order valence-electron chi connectivity index (χ2n) is 4.98. The van der Waals surface area contributed by atoms with Crippen molar-refractivity contribution in [2.24, 2.45) is 5.73 Å². The zero-order chi connectivity index (χ0) is 13.2. The summed E-state index contributed by atoms with van der Waals surface area (Å²) < 4.78 is 11.1. The van der Waals surface area contributed by atoms with Gasteiger partial charge in [0.05, 0.1) is 5.56 Å². The number of ether oxygens (including phenoxy) is 2. The van der Waals surface area contributed by atoms with E-state index in [0.29, 0.717) is 36.8 Å². The highest BCUT2D eigenvalue weighted by atomic mass is 35.5. The van der Waals surface area contributed by atoms with Crippen molar-refractivity contribution in [3.63, 3.8) is 0 Å². The zero-order valence-corrected chi connectivity index (χ0v) is 12.0. The summed E-state index contributed by atoms with van der Waals surface area (Å²) >= 11 is 0. The molecule has 1 unspecified atom stereocenters. The van der Waals surface area contributed by atoms with Crippen molar-refractivity contribution in [1.29, 1.82) is 0 Å². The van der Waals surface area contributed by atoms with Crippen LogP contribution in [0.3, 0.4) is 0 Å². The van der Waals surface area contributed by atoms with Crippen LogP contribution >= 0.6 is 12.4 Å². The average molecular weight is 299 g/mol. The molecule has 2 aliphatic heterocycles. The van der Waals surface area contributed by atoms with Gasteiger partial charge in [-0.3, -0.25) is 4.79 Å². The molecule has 0 radical (unpaired) electrons. The maximum atomic E-state index is 12.6. The molecule has 1 amide bonds. The number of carbonyl (C=O) groups is 1. The first-order valence-electron chi connectivity index (χ1n) is 6.69. The van der Waals surface area contributed by atoms with Gasteiger partial charge in [-0.2, -0.15) is 0 Å².